The van der Waals surface area contributed by atoms with Crippen molar-refractivity contribution >= 4 is 27.5 Å². The molecule has 0 aliphatic carbocycles. The van der Waals surface area contributed by atoms with Gasteiger partial charge in [-0.2, -0.15) is 0 Å². The number of hydrogen-bond acceptors (Lipinski definition) is 2. The molecule has 5 heteroatoms. The van der Waals surface area contributed by atoms with E-state index in [9.17, 15) is 9.50 Å². The summed E-state index contributed by atoms with van der Waals surface area (Å²) in [6.45, 7) is 2.01. The number of halogens is 3. The lowest BCUT2D eigenvalue weighted by molar-refractivity contribution is 0.145. The van der Waals surface area contributed by atoms with E-state index in [-0.39, 0.29) is 11.6 Å². The molecule has 21 heavy (non-hydrogen) atoms. The van der Waals surface area contributed by atoms with E-state index in [1.165, 1.54) is 6.07 Å². The van der Waals surface area contributed by atoms with Crippen LogP contribution in [0.5, 0.6) is 0 Å². The van der Waals surface area contributed by atoms with Gasteiger partial charge in [-0.05, 0) is 41.8 Å². The van der Waals surface area contributed by atoms with E-state index in [1.807, 2.05) is 25.1 Å². The monoisotopic (exact) mass is 371 g/mol. The first-order valence-corrected chi connectivity index (χ1v) is 7.71. The molecular weight excluding hydrogens is 357 g/mol. The van der Waals surface area contributed by atoms with Crippen molar-refractivity contribution in [3.8, 4) is 0 Å². The molecule has 0 spiro atoms. The number of hydrogen-bond donors (Lipinski definition) is 2. The molecule has 2 aromatic carbocycles. The Bertz CT molecular complexity index is 650. The Kier molecular flexibility index (Phi) is 5.38. The summed E-state index contributed by atoms with van der Waals surface area (Å²) >= 11 is 9.20. The van der Waals surface area contributed by atoms with Gasteiger partial charge in [0.2, 0.25) is 0 Å². The predicted octanol–water partition coefficient (Wildman–Crippen LogP) is 4.33. The topological polar surface area (TPSA) is 46.2 Å². The maximum atomic E-state index is 14.2. The largest absolute Gasteiger partial charge is 0.388 e. The highest BCUT2D eigenvalue weighted by atomic mass is 79.9. The van der Waals surface area contributed by atoms with Crippen LogP contribution in [0.3, 0.4) is 0 Å². The van der Waals surface area contributed by atoms with Gasteiger partial charge in [0, 0.05) is 16.9 Å². The van der Waals surface area contributed by atoms with E-state index in [0.717, 1.165) is 15.6 Å². The van der Waals surface area contributed by atoms with Crippen LogP contribution < -0.4 is 5.73 Å². The van der Waals surface area contributed by atoms with Gasteiger partial charge in [0.1, 0.15) is 5.82 Å². The van der Waals surface area contributed by atoms with Gasteiger partial charge in [0.05, 0.1) is 11.1 Å². The second kappa shape index (κ2) is 6.88. The number of nitrogens with two attached hydrogens (primary N) is 1. The number of aryl methyl sites for hydroxylation is 1. The molecule has 2 aromatic rings. The summed E-state index contributed by atoms with van der Waals surface area (Å²) in [7, 11) is 0. The number of aliphatic hydroxyl groups excluding tert-OH is 1. The van der Waals surface area contributed by atoms with Gasteiger partial charge < -0.3 is 10.8 Å². The first kappa shape index (κ1) is 16.4. The summed E-state index contributed by atoms with van der Waals surface area (Å²) in [6, 6.07) is 10.3. The molecule has 0 amide bonds. The molecule has 112 valence electrons. The Balaban J connectivity index is 2.45. The normalized spacial score (nSPS) is 14.0. The highest BCUT2D eigenvalue weighted by Gasteiger charge is 2.26. The minimum absolute atomic E-state index is 0.0316. The molecule has 0 aliphatic heterocycles. The number of benzene rings is 2. The molecule has 0 heterocycles. The van der Waals surface area contributed by atoms with Crippen LogP contribution in [0.2, 0.25) is 5.02 Å². The molecule has 2 nitrogen and oxygen atoms in total. The SMILES string of the molecule is Cc1ccc(Br)cc1C(O)C(CN)c1cccc(Cl)c1F. The summed E-state index contributed by atoms with van der Waals surface area (Å²) in [6.07, 6.45) is -0.902. The third-order valence-electron chi connectivity index (χ3n) is 3.58. The van der Waals surface area contributed by atoms with Crippen LogP contribution >= 0.6 is 27.5 Å². The van der Waals surface area contributed by atoms with E-state index in [0.29, 0.717) is 5.56 Å². The molecule has 0 fully saturated rings. The molecule has 0 aliphatic rings. The lowest BCUT2D eigenvalue weighted by Gasteiger charge is -2.24. The van der Waals surface area contributed by atoms with E-state index in [4.69, 9.17) is 17.3 Å². The molecular formula is C16H16BrClFNO. The van der Waals surface area contributed by atoms with E-state index < -0.39 is 17.8 Å². The lowest BCUT2D eigenvalue weighted by Crippen LogP contribution is -2.22. The van der Waals surface area contributed by atoms with Gasteiger partial charge in [-0.1, -0.05) is 45.7 Å². The van der Waals surface area contributed by atoms with Crippen molar-refractivity contribution in [3.05, 3.63) is 68.4 Å². The lowest BCUT2D eigenvalue weighted by atomic mass is 9.87. The quantitative estimate of drug-likeness (QED) is 0.839. The van der Waals surface area contributed by atoms with Crippen molar-refractivity contribution in [1.29, 1.82) is 0 Å². The maximum absolute atomic E-state index is 14.2. The second-order valence-electron chi connectivity index (χ2n) is 4.93. The fourth-order valence-electron chi connectivity index (χ4n) is 2.38. The standard InChI is InChI=1S/C16H16BrClFNO/c1-9-5-6-10(17)7-12(9)16(21)13(8-20)11-3-2-4-14(18)15(11)19/h2-7,13,16,21H,8,20H2,1H3. The summed E-state index contributed by atoms with van der Waals surface area (Å²) in [5.74, 6) is -1.09. The van der Waals surface area contributed by atoms with Crippen LogP contribution in [0.1, 0.15) is 28.7 Å². The summed E-state index contributed by atoms with van der Waals surface area (Å²) < 4.78 is 15.0. The Morgan fingerprint density at radius 3 is 2.67 bits per heavy atom. The fourth-order valence-corrected chi connectivity index (χ4v) is 2.94. The van der Waals surface area contributed by atoms with E-state index in [2.05, 4.69) is 15.9 Å². The van der Waals surface area contributed by atoms with Crippen LogP contribution in [-0.2, 0) is 0 Å². The Hall–Kier alpha value is -0.940. The van der Waals surface area contributed by atoms with Crippen molar-refractivity contribution < 1.29 is 9.50 Å². The average molecular weight is 373 g/mol. The molecule has 0 bridgehead atoms. The smallest absolute Gasteiger partial charge is 0.145 e. The first-order valence-electron chi connectivity index (χ1n) is 6.53. The molecule has 2 atom stereocenters. The van der Waals surface area contributed by atoms with Crippen LogP contribution in [0.25, 0.3) is 0 Å². The molecule has 2 unspecified atom stereocenters. The number of aliphatic hydroxyl groups is 1. The highest BCUT2D eigenvalue weighted by Crippen LogP contribution is 2.35. The van der Waals surface area contributed by atoms with Crippen LogP contribution in [0.4, 0.5) is 4.39 Å². The molecule has 0 radical (unpaired) electrons. The van der Waals surface area contributed by atoms with Crippen molar-refractivity contribution in [2.75, 3.05) is 6.54 Å². The molecule has 0 aromatic heterocycles. The van der Waals surface area contributed by atoms with Gasteiger partial charge in [-0.3, -0.25) is 0 Å². The maximum Gasteiger partial charge on any atom is 0.145 e. The van der Waals surface area contributed by atoms with Crippen LogP contribution in [-0.4, -0.2) is 11.7 Å². The molecule has 0 saturated carbocycles. The van der Waals surface area contributed by atoms with Crippen molar-refractivity contribution in [3.63, 3.8) is 0 Å². The van der Waals surface area contributed by atoms with Gasteiger partial charge in [0.15, 0.2) is 0 Å². The van der Waals surface area contributed by atoms with E-state index >= 15 is 0 Å². The Labute approximate surface area is 136 Å². The first-order chi connectivity index (χ1) is 9.95. The van der Waals surface area contributed by atoms with Crippen molar-refractivity contribution in [1.82, 2.24) is 0 Å². The minimum Gasteiger partial charge on any atom is -0.388 e. The average Bonchev–Trinajstić information content (AvgIpc) is 2.46. The van der Waals surface area contributed by atoms with E-state index in [1.54, 1.807) is 12.1 Å². The van der Waals surface area contributed by atoms with Crippen LogP contribution in [0, 0.1) is 12.7 Å². The van der Waals surface area contributed by atoms with Crippen LogP contribution in [0.15, 0.2) is 40.9 Å². The number of rotatable bonds is 4. The molecule has 0 saturated heterocycles. The van der Waals surface area contributed by atoms with Gasteiger partial charge >= 0.3 is 0 Å². The minimum atomic E-state index is -0.902. The Morgan fingerprint density at radius 1 is 1.29 bits per heavy atom. The summed E-state index contributed by atoms with van der Waals surface area (Å²) in [5.41, 5.74) is 7.74. The third kappa shape index (κ3) is 3.46. The zero-order valence-electron chi connectivity index (χ0n) is 11.5. The van der Waals surface area contributed by atoms with Gasteiger partial charge in [-0.15, -0.1) is 0 Å². The summed E-state index contributed by atoms with van der Waals surface area (Å²) in [5, 5.41) is 10.7. The highest BCUT2D eigenvalue weighted by molar-refractivity contribution is 9.10. The third-order valence-corrected chi connectivity index (χ3v) is 4.36. The van der Waals surface area contributed by atoms with Gasteiger partial charge in [0.25, 0.3) is 0 Å². The molecule has 2 rings (SSSR count). The van der Waals surface area contributed by atoms with Crippen molar-refractivity contribution in [2.24, 2.45) is 5.73 Å². The Morgan fingerprint density at radius 2 is 2.00 bits per heavy atom. The van der Waals surface area contributed by atoms with Gasteiger partial charge in [-0.25, -0.2) is 4.39 Å². The zero-order valence-corrected chi connectivity index (χ0v) is 13.8. The zero-order chi connectivity index (χ0) is 15.6. The molecule has 3 N–H and O–H groups in total. The second-order valence-corrected chi connectivity index (χ2v) is 6.25. The van der Waals surface area contributed by atoms with Crippen molar-refractivity contribution in [2.45, 2.75) is 18.9 Å². The fraction of sp³-hybridized carbons (Fsp3) is 0.250. The predicted molar refractivity (Wildman–Crippen MR) is 87.0 cm³/mol. The summed E-state index contributed by atoms with van der Waals surface area (Å²) in [4.78, 5) is 0.